The SMILES string of the molecule is C1=CC2=c3ccccc3=C(c3cccc4c5c(oc34)C3(C4=C(CCC=C4)c4ccccc43)C3=C5C=CCC3)NC2C=C1. The van der Waals surface area contributed by atoms with Crippen molar-refractivity contribution in [1.29, 1.82) is 0 Å². The van der Waals surface area contributed by atoms with Gasteiger partial charge in [0.15, 0.2) is 0 Å². The lowest BCUT2D eigenvalue weighted by atomic mass is 9.69. The maximum Gasteiger partial charge on any atom is 0.144 e. The first-order valence-electron chi connectivity index (χ1n) is 15.3. The van der Waals surface area contributed by atoms with Gasteiger partial charge in [-0.3, -0.25) is 0 Å². The predicted molar refractivity (Wildman–Crippen MR) is 171 cm³/mol. The zero-order valence-corrected chi connectivity index (χ0v) is 23.3. The van der Waals surface area contributed by atoms with E-state index in [-0.39, 0.29) is 11.5 Å². The van der Waals surface area contributed by atoms with E-state index in [0.29, 0.717) is 0 Å². The first kappa shape index (κ1) is 22.8. The smallest absolute Gasteiger partial charge is 0.144 e. The fourth-order valence-corrected chi connectivity index (χ4v) is 8.69. The van der Waals surface area contributed by atoms with Crippen molar-refractivity contribution in [3.05, 3.63) is 165 Å². The van der Waals surface area contributed by atoms with E-state index < -0.39 is 0 Å². The highest BCUT2D eigenvalue weighted by Crippen LogP contribution is 2.65. The number of nitrogens with one attached hydrogen (secondary N) is 1. The Kier molecular flexibility index (Phi) is 4.42. The van der Waals surface area contributed by atoms with E-state index in [9.17, 15) is 0 Å². The highest BCUT2D eigenvalue weighted by atomic mass is 16.3. The molecule has 0 bridgehead atoms. The molecule has 42 heavy (non-hydrogen) atoms. The number of fused-ring (bicyclic) bond motifs is 12. The maximum atomic E-state index is 7.34. The average molecular weight is 540 g/mol. The average Bonchev–Trinajstić information content (AvgIpc) is 3.68. The predicted octanol–water partition coefficient (Wildman–Crippen LogP) is 7.36. The van der Waals surface area contributed by atoms with Gasteiger partial charge in [-0.15, -0.1) is 0 Å². The van der Waals surface area contributed by atoms with Crippen LogP contribution in [0.5, 0.6) is 0 Å². The maximum absolute atomic E-state index is 7.34. The van der Waals surface area contributed by atoms with Crippen LogP contribution >= 0.6 is 0 Å². The quantitative estimate of drug-likeness (QED) is 0.273. The zero-order chi connectivity index (χ0) is 27.4. The summed E-state index contributed by atoms with van der Waals surface area (Å²) in [6, 6.07) is 24.8. The number of furan rings is 1. The molecule has 2 heteroatoms. The monoisotopic (exact) mass is 539 g/mol. The molecule has 3 aromatic carbocycles. The van der Waals surface area contributed by atoms with Gasteiger partial charge < -0.3 is 9.73 Å². The van der Waals surface area contributed by atoms with Crippen molar-refractivity contribution in [1.82, 2.24) is 5.32 Å². The van der Waals surface area contributed by atoms with Crippen LogP contribution in [0, 0.1) is 0 Å². The summed E-state index contributed by atoms with van der Waals surface area (Å²) >= 11 is 0. The van der Waals surface area contributed by atoms with Gasteiger partial charge in [-0.25, -0.2) is 0 Å². The van der Waals surface area contributed by atoms with Gasteiger partial charge in [0, 0.05) is 21.7 Å². The van der Waals surface area contributed by atoms with Crippen molar-refractivity contribution in [3.8, 4) is 0 Å². The van der Waals surface area contributed by atoms with E-state index >= 15 is 0 Å². The Labute approximate surface area is 244 Å². The van der Waals surface area contributed by atoms with Crippen LogP contribution in [-0.2, 0) is 5.41 Å². The first-order chi connectivity index (χ1) is 20.9. The molecule has 0 radical (unpaired) electrons. The van der Waals surface area contributed by atoms with Crippen LogP contribution in [0.3, 0.4) is 0 Å². The lowest BCUT2D eigenvalue weighted by Gasteiger charge is -2.33. The third kappa shape index (κ3) is 2.67. The Hall–Kier alpha value is -4.82. The summed E-state index contributed by atoms with van der Waals surface area (Å²) < 4.78 is 7.34. The van der Waals surface area contributed by atoms with Gasteiger partial charge >= 0.3 is 0 Å². The second-order valence-corrected chi connectivity index (χ2v) is 12.2. The summed E-state index contributed by atoms with van der Waals surface area (Å²) in [4.78, 5) is 0. The lowest BCUT2D eigenvalue weighted by Crippen LogP contribution is -2.45. The van der Waals surface area contributed by atoms with Crippen LogP contribution in [0.4, 0.5) is 0 Å². The second-order valence-electron chi connectivity index (χ2n) is 12.2. The minimum absolute atomic E-state index is 0.140. The molecule has 2 nitrogen and oxygen atoms in total. The van der Waals surface area contributed by atoms with E-state index in [4.69, 9.17) is 4.42 Å². The van der Waals surface area contributed by atoms with Crippen LogP contribution in [0.25, 0.3) is 33.4 Å². The van der Waals surface area contributed by atoms with E-state index in [2.05, 4.69) is 121 Å². The van der Waals surface area contributed by atoms with Gasteiger partial charge in [0.2, 0.25) is 0 Å². The van der Waals surface area contributed by atoms with E-state index in [1.807, 2.05) is 0 Å². The molecule has 2 unspecified atom stereocenters. The molecule has 0 amide bonds. The molecule has 1 aliphatic heterocycles. The van der Waals surface area contributed by atoms with Crippen molar-refractivity contribution in [2.24, 2.45) is 0 Å². The van der Waals surface area contributed by atoms with E-state index in [1.54, 1.807) is 0 Å². The fraction of sp³-hybridized carbons (Fsp3) is 0.150. The molecule has 2 atom stereocenters. The normalized spacial score (nSPS) is 24.1. The third-order valence-electron chi connectivity index (χ3n) is 10.3. The molecule has 200 valence electrons. The van der Waals surface area contributed by atoms with Crippen LogP contribution < -0.4 is 15.8 Å². The Bertz CT molecular complexity index is 2230. The third-order valence-corrected chi connectivity index (χ3v) is 10.3. The Morgan fingerprint density at radius 1 is 0.762 bits per heavy atom. The van der Waals surface area contributed by atoms with Gasteiger partial charge in [-0.1, -0.05) is 109 Å². The molecule has 6 aliphatic rings. The largest absolute Gasteiger partial charge is 0.458 e. The number of allylic oxidation sites excluding steroid dienone is 10. The molecule has 1 aromatic heterocycles. The number of benzene rings is 3. The van der Waals surface area contributed by atoms with Crippen molar-refractivity contribution in [3.63, 3.8) is 0 Å². The number of hydrogen-bond acceptors (Lipinski definition) is 2. The Morgan fingerprint density at radius 2 is 1.60 bits per heavy atom. The van der Waals surface area contributed by atoms with Gasteiger partial charge in [-0.05, 0) is 76.0 Å². The molecule has 1 spiro atoms. The van der Waals surface area contributed by atoms with Crippen molar-refractivity contribution < 1.29 is 4.42 Å². The Balaban J connectivity index is 1.32. The van der Waals surface area contributed by atoms with Crippen LogP contribution in [0.1, 0.15) is 53.7 Å². The first-order valence-corrected chi connectivity index (χ1v) is 15.3. The van der Waals surface area contributed by atoms with Crippen LogP contribution in [-0.4, -0.2) is 6.04 Å². The second kappa shape index (κ2) is 8.14. The number of para-hydroxylation sites is 1. The fourth-order valence-electron chi connectivity index (χ4n) is 8.69. The molecule has 0 fully saturated rings. The van der Waals surface area contributed by atoms with Gasteiger partial charge in [0.1, 0.15) is 16.8 Å². The summed E-state index contributed by atoms with van der Waals surface area (Å²) in [5.74, 6) is 1.11. The topological polar surface area (TPSA) is 25.2 Å². The van der Waals surface area contributed by atoms with E-state index in [1.165, 1.54) is 60.4 Å². The number of rotatable bonds is 1. The molecule has 10 rings (SSSR count). The van der Waals surface area contributed by atoms with Gasteiger partial charge in [-0.2, -0.15) is 0 Å². The van der Waals surface area contributed by atoms with E-state index in [0.717, 1.165) is 48.3 Å². The summed E-state index contributed by atoms with van der Waals surface area (Å²) in [6.07, 6.45) is 22.6. The molecule has 2 heterocycles. The number of hydrogen-bond donors (Lipinski definition) is 1. The van der Waals surface area contributed by atoms with Crippen LogP contribution in [0.2, 0.25) is 0 Å². The molecule has 4 aromatic rings. The highest BCUT2D eigenvalue weighted by molar-refractivity contribution is 6.07. The Morgan fingerprint density at radius 3 is 2.57 bits per heavy atom. The van der Waals surface area contributed by atoms with Crippen molar-refractivity contribution >= 4 is 33.4 Å². The molecular weight excluding hydrogens is 510 g/mol. The van der Waals surface area contributed by atoms with Gasteiger partial charge in [0.05, 0.1) is 11.7 Å². The molecule has 0 saturated heterocycles. The van der Waals surface area contributed by atoms with Gasteiger partial charge in [0.25, 0.3) is 0 Å². The summed E-state index contributed by atoms with van der Waals surface area (Å²) in [5.41, 5.74) is 14.1. The summed E-state index contributed by atoms with van der Waals surface area (Å²) in [6.45, 7) is 0. The van der Waals surface area contributed by atoms with Crippen molar-refractivity contribution in [2.45, 2.75) is 37.1 Å². The summed E-state index contributed by atoms with van der Waals surface area (Å²) in [5, 5.41) is 7.63. The molecule has 5 aliphatic carbocycles. The highest BCUT2D eigenvalue weighted by Gasteiger charge is 2.56. The minimum Gasteiger partial charge on any atom is -0.458 e. The molecular formula is C40H29NO. The zero-order valence-electron chi connectivity index (χ0n) is 23.3. The standard InChI is InChI=1S/C40H29NO/c1-2-16-28-24(12-1)27-15-6-10-23-35(27)41-37(28)31-19-11-18-30-36-29-17-5-9-22-34(29)40(39(36)42-38(30)31)32-20-7-3-13-25(32)26-14-4-8-21-33(26)40/h1-3,5-8,10-13,15-21,23,35,41H,4,9,14,22H2. The molecule has 1 N–H and O–H groups in total. The minimum atomic E-state index is -0.352. The molecule has 0 saturated carbocycles. The lowest BCUT2D eigenvalue weighted by molar-refractivity contribution is 0.489. The van der Waals surface area contributed by atoms with Crippen molar-refractivity contribution in [2.75, 3.05) is 0 Å². The summed E-state index contributed by atoms with van der Waals surface area (Å²) in [7, 11) is 0. The van der Waals surface area contributed by atoms with Crippen LogP contribution in [0.15, 0.2) is 131 Å².